The Morgan fingerprint density at radius 1 is 0.865 bits per heavy atom. The summed E-state index contributed by atoms with van der Waals surface area (Å²) in [7, 11) is 3.42. The number of hydrogen-bond donors (Lipinski definition) is 0. The Morgan fingerprint density at radius 3 is 2.05 bits per heavy atom. The summed E-state index contributed by atoms with van der Waals surface area (Å²) in [6.45, 7) is 3.48. The molecule has 3 rings (SSSR count). The van der Waals surface area contributed by atoms with Crippen molar-refractivity contribution in [1.82, 2.24) is 14.7 Å². The molecule has 0 unspecified atom stereocenters. The van der Waals surface area contributed by atoms with Crippen LogP contribution in [0.2, 0.25) is 0 Å². The molecule has 1 aliphatic heterocycles. The minimum Gasteiger partial charge on any atom is -0.458 e. The highest BCUT2D eigenvalue weighted by Gasteiger charge is 2.27. The molecule has 1 heterocycles. The zero-order valence-corrected chi connectivity index (χ0v) is 21.7. The van der Waals surface area contributed by atoms with Crippen molar-refractivity contribution in [2.24, 2.45) is 0 Å². The van der Waals surface area contributed by atoms with Gasteiger partial charge in [0.2, 0.25) is 6.10 Å². The van der Waals surface area contributed by atoms with Crippen molar-refractivity contribution in [2.75, 3.05) is 53.5 Å². The van der Waals surface area contributed by atoms with Gasteiger partial charge in [-0.15, -0.1) is 0 Å². The first-order valence-corrected chi connectivity index (χ1v) is 12.7. The summed E-state index contributed by atoms with van der Waals surface area (Å²) >= 11 is 0. The lowest BCUT2D eigenvalue weighted by atomic mass is 10.1. The van der Waals surface area contributed by atoms with Gasteiger partial charge in [-0.3, -0.25) is 0 Å². The second kappa shape index (κ2) is 14.8. The van der Waals surface area contributed by atoms with E-state index < -0.39 is 18.2 Å². The molecule has 37 heavy (non-hydrogen) atoms. The first-order valence-electron chi connectivity index (χ1n) is 12.7. The van der Waals surface area contributed by atoms with E-state index in [2.05, 4.69) is 0 Å². The van der Waals surface area contributed by atoms with Gasteiger partial charge in [-0.1, -0.05) is 60.7 Å². The molecule has 3 amide bonds. The number of amides is 3. The summed E-state index contributed by atoms with van der Waals surface area (Å²) in [5.41, 5.74) is 1.72. The maximum Gasteiger partial charge on any atom is 0.410 e. The Morgan fingerprint density at radius 2 is 1.43 bits per heavy atom. The number of ether oxygens (including phenoxy) is 3. The fourth-order valence-electron chi connectivity index (χ4n) is 3.92. The molecule has 0 spiro atoms. The quantitative estimate of drug-likeness (QED) is 0.339. The van der Waals surface area contributed by atoms with Crippen molar-refractivity contribution in [3.8, 4) is 0 Å². The molecule has 0 radical (unpaired) electrons. The van der Waals surface area contributed by atoms with Crippen molar-refractivity contribution in [3.63, 3.8) is 0 Å². The average Bonchev–Trinajstić information content (AvgIpc) is 2.94. The molecule has 200 valence electrons. The van der Waals surface area contributed by atoms with Crippen LogP contribution in [0.1, 0.15) is 24.0 Å². The van der Waals surface area contributed by atoms with Crippen LogP contribution in [0.25, 0.3) is 0 Å². The molecule has 0 aliphatic carbocycles. The van der Waals surface area contributed by atoms with Crippen LogP contribution in [-0.2, 0) is 32.0 Å². The minimum atomic E-state index is -1.06. The summed E-state index contributed by atoms with van der Waals surface area (Å²) < 4.78 is 16.3. The van der Waals surface area contributed by atoms with E-state index in [9.17, 15) is 14.4 Å². The summed E-state index contributed by atoms with van der Waals surface area (Å²) in [6, 6.07) is 18.7. The van der Waals surface area contributed by atoms with E-state index in [0.717, 1.165) is 17.5 Å². The molecule has 9 nitrogen and oxygen atoms in total. The van der Waals surface area contributed by atoms with Gasteiger partial charge in [-0.2, -0.15) is 0 Å². The SMILES string of the molecule is CN(CCCCN(C)C(=O)N1CCOCC1)C(=O)O[C@@H](Cc1ccccc1)C(=O)OCc1ccccc1. The van der Waals surface area contributed by atoms with Crippen molar-refractivity contribution in [2.45, 2.75) is 32.0 Å². The number of urea groups is 1. The van der Waals surface area contributed by atoms with Crippen LogP contribution in [-0.4, -0.2) is 92.4 Å². The van der Waals surface area contributed by atoms with Crippen LogP contribution in [0.15, 0.2) is 60.7 Å². The maximum atomic E-state index is 12.8. The van der Waals surface area contributed by atoms with Crippen LogP contribution in [0.3, 0.4) is 0 Å². The van der Waals surface area contributed by atoms with E-state index in [1.54, 1.807) is 23.9 Å². The lowest BCUT2D eigenvalue weighted by molar-refractivity contribution is -0.155. The number of unbranched alkanes of at least 4 members (excludes halogenated alkanes) is 1. The van der Waals surface area contributed by atoms with Crippen molar-refractivity contribution < 1.29 is 28.6 Å². The molecule has 0 saturated carbocycles. The number of hydrogen-bond acceptors (Lipinski definition) is 6. The predicted molar refractivity (Wildman–Crippen MR) is 139 cm³/mol. The standard InChI is InChI=1S/C28H37N3O6/c1-29(27(33)31-17-19-35-20-18-31)15-9-10-16-30(2)28(34)37-25(21-23-11-5-3-6-12-23)26(32)36-22-24-13-7-4-8-14-24/h3-8,11-14,25H,9-10,15-22H2,1-2H3/t25-/m0/s1. The number of nitrogens with zero attached hydrogens (tertiary/aromatic N) is 3. The van der Waals surface area contributed by atoms with E-state index in [1.165, 1.54) is 4.90 Å². The summed E-state index contributed by atoms with van der Waals surface area (Å²) in [6.07, 6.45) is 0.00148. The number of benzene rings is 2. The number of carbonyl (C=O) groups is 3. The number of morpholine rings is 1. The molecule has 0 bridgehead atoms. The lowest BCUT2D eigenvalue weighted by Gasteiger charge is -2.31. The Balaban J connectivity index is 1.46. The molecule has 0 aromatic heterocycles. The smallest absolute Gasteiger partial charge is 0.410 e. The number of carbonyl (C=O) groups excluding carboxylic acids is 3. The fourth-order valence-corrected chi connectivity index (χ4v) is 3.92. The van der Waals surface area contributed by atoms with Crippen LogP contribution >= 0.6 is 0 Å². The zero-order valence-electron chi connectivity index (χ0n) is 21.7. The third-order valence-electron chi connectivity index (χ3n) is 6.15. The van der Waals surface area contributed by atoms with Gasteiger partial charge in [0.1, 0.15) is 6.61 Å². The minimum absolute atomic E-state index is 0.00571. The van der Waals surface area contributed by atoms with Gasteiger partial charge < -0.3 is 28.9 Å². The summed E-state index contributed by atoms with van der Waals surface area (Å²) in [4.78, 5) is 43.0. The second-order valence-corrected chi connectivity index (χ2v) is 9.09. The first kappa shape index (κ1) is 28.0. The third-order valence-corrected chi connectivity index (χ3v) is 6.15. The van der Waals surface area contributed by atoms with Gasteiger partial charge in [0.25, 0.3) is 0 Å². The van der Waals surface area contributed by atoms with Crippen LogP contribution in [0, 0.1) is 0 Å². The average molecular weight is 512 g/mol. The van der Waals surface area contributed by atoms with Gasteiger partial charge >= 0.3 is 18.1 Å². The molecule has 2 aromatic carbocycles. The Labute approximate surface area is 218 Å². The topological polar surface area (TPSA) is 88.6 Å². The predicted octanol–water partition coefficient (Wildman–Crippen LogP) is 3.57. The van der Waals surface area contributed by atoms with Gasteiger partial charge in [0, 0.05) is 46.7 Å². The Hall–Kier alpha value is -3.59. The fraction of sp³-hybridized carbons (Fsp3) is 0.464. The molecule has 1 aliphatic rings. The Kier molecular flexibility index (Phi) is 11.2. The van der Waals surface area contributed by atoms with Crippen LogP contribution in [0.4, 0.5) is 9.59 Å². The molecular formula is C28H37N3O6. The number of esters is 1. The molecule has 1 atom stereocenters. The van der Waals surface area contributed by atoms with Gasteiger partial charge in [0.05, 0.1) is 13.2 Å². The molecule has 1 fully saturated rings. The van der Waals surface area contributed by atoms with E-state index in [-0.39, 0.29) is 19.1 Å². The zero-order chi connectivity index (χ0) is 26.5. The highest BCUT2D eigenvalue weighted by Crippen LogP contribution is 2.12. The van der Waals surface area contributed by atoms with Crippen molar-refractivity contribution >= 4 is 18.1 Å². The molecule has 0 N–H and O–H groups in total. The van der Waals surface area contributed by atoms with Crippen molar-refractivity contribution in [1.29, 1.82) is 0 Å². The highest BCUT2D eigenvalue weighted by atomic mass is 16.6. The molecule has 2 aromatic rings. The van der Waals surface area contributed by atoms with E-state index in [1.807, 2.05) is 60.7 Å². The number of rotatable bonds is 11. The first-order chi connectivity index (χ1) is 17.9. The van der Waals surface area contributed by atoms with Crippen molar-refractivity contribution in [3.05, 3.63) is 71.8 Å². The van der Waals surface area contributed by atoms with Gasteiger partial charge in [-0.05, 0) is 24.0 Å². The summed E-state index contributed by atoms with van der Waals surface area (Å²) in [5, 5.41) is 0. The van der Waals surface area contributed by atoms with Crippen LogP contribution in [0.5, 0.6) is 0 Å². The van der Waals surface area contributed by atoms with E-state index in [4.69, 9.17) is 14.2 Å². The highest BCUT2D eigenvalue weighted by molar-refractivity contribution is 5.79. The van der Waals surface area contributed by atoms with Gasteiger partial charge in [-0.25, -0.2) is 14.4 Å². The van der Waals surface area contributed by atoms with E-state index >= 15 is 0 Å². The van der Waals surface area contributed by atoms with E-state index in [0.29, 0.717) is 45.8 Å². The largest absolute Gasteiger partial charge is 0.458 e. The normalized spacial score (nSPS) is 13.9. The third kappa shape index (κ3) is 9.42. The second-order valence-electron chi connectivity index (χ2n) is 9.09. The Bertz CT molecular complexity index is 982. The monoisotopic (exact) mass is 511 g/mol. The molecule has 1 saturated heterocycles. The van der Waals surface area contributed by atoms with Crippen LogP contribution < -0.4 is 0 Å². The lowest BCUT2D eigenvalue weighted by Crippen LogP contribution is -2.47. The van der Waals surface area contributed by atoms with Gasteiger partial charge in [0.15, 0.2) is 0 Å². The maximum absolute atomic E-state index is 12.8. The molecule has 9 heteroatoms. The molecular weight excluding hydrogens is 474 g/mol. The summed E-state index contributed by atoms with van der Waals surface area (Å²) in [5.74, 6) is -0.585.